The molecule has 1 aromatic carbocycles. The molecule has 4 rings (SSSR count). The lowest BCUT2D eigenvalue weighted by molar-refractivity contribution is 0.0895. The van der Waals surface area contributed by atoms with Crippen molar-refractivity contribution in [2.45, 2.75) is 50.9 Å². The summed E-state index contributed by atoms with van der Waals surface area (Å²) in [4.78, 5) is 14.7. The van der Waals surface area contributed by atoms with Crippen molar-refractivity contribution < 1.29 is 4.79 Å². The molecule has 1 N–H and O–H groups in total. The summed E-state index contributed by atoms with van der Waals surface area (Å²) in [6, 6.07) is 9.63. The zero-order valence-electron chi connectivity index (χ0n) is 16.1. The average Bonchev–Trinajstić information content (AvgIpc) is 3.52. The third-order valence-corrected chi connectivity index (χ3v) is 5.93. The molecule has 148 valence electrons. The van der Waals surface area contributed by atoms with Crippen molar-refractivity contribution in [2.75, 3.05) is 13.1 Å². The van der Waals surface area contributed by atoms with E-state index in [1.165, 1.54) is 12.8 Å². The van der Waals surface area contributed by atoms with E-state index < -0.39 is 0 Å². The number of likely N-dealkylation sites (tertiary alicyclic amines) is 1. The highest BCUT2D eigenvalue weighted by Gasteiger charge is 2.30. The Kier molecular flexibility index (Phi) is 5.73. The number of allylic oxidation sites excluding steroid dienone is 1. The van der Waals surface area contributed by atoms with Gasteiger partial charge in [0.2, 0.25) is 0 Å². The van der Waals surface area contributed by atoms with Gasteiger partial charge in [0, 0.05) is 37.2 Å². The van der Waals surface area contributed by atoms with Gasteiger partial charge in [0.15, 0.2) is 4.77 Å². The van der Waals surface area contributed by atoms with E-state index in [0.29, 0.717) is 12.6 Å². The van der Waals surface area contributed by atoms with E-state index >= 15 is 0 Å². The number of amides is 1. The SMILES string of the molecule is C=CCn1c(C2CC2)nn(CN2CCC(NC(=O)c3ccccc3)CC2)c1=S. The molecule has 1 amide bonds. The largest absolute Gasteiger partial charge is 0.349 e. The molecule has 6 nitrogen and oxygen atoms in total. The Morgan fingerprint density at radius 3 is 2.57 bits per heavy atom. The Morgan fingerprint density at radius 1 is 1.21 bits per heavy atom. The van der Waals surface area contributed by atoms with E-state index in [1.54, 1.807) is 0 Å². The number of hydrogen-bond donors (Lipinski definition) is 1. The Hall–Kier alpha value is -2.25. The summed E-state index contributed by atoms with van der Waals surface area (Å²) in [6.45, 7) is 7.13. The lowest BCUT2D eigenvalue weighted by atomic mass is 10.0. The van der Waals surface area contributed by atoms with Crippen molar-refractivity contribution >= 4 is 18.1 Å². The summed E-state index contributed by atoms with van der Waals surface area (Å²) in [5.74, 6) is 1.68. The second-order valence-corrected chi connectivity index (χ2v) is 8.05. The molecule has 2 fully saturated rings. The lowest BCUT2D eigenvalue weighted by Gasteiger charge is -2.32. The van der Waals surface area contributed by atoms with Crippen LogP contribution in [0.4, 0.5) is 0 Å². The fourth-order valence-electron chi connectivity index (χ4n) is 3.76. The fraction of sp³-hybridized carbons (Fsp3) is 0.476. The van der Waals surface area contributed by atoms with Crippen LogP contribution in [-0.4, -0.2) is 44.3 Å². The van der Waals surface area contributed by atoms with Gasteiger partial charge < -0.3 is 5.32 Å². The Morgan fingerprint density at radius 2 is 1.93 bits per heavy atom. The molecule has 0 atom stereocenters. The molecule has 28 heavy (non-hydrogen) atoms. The van der Waals surface area contributed by atoms with Crippen LogP contribution in [0.1, 0.15) is 47.8 Å². The molecule has 1 aromatic heterocycles. The van der Waals surface area contributed by atoms with Crippen LogP contribution >= 0.6 is 12.2 Å². The lowest BCUT2D eigenvalue weighted by Crippen LogP contribution is -2.45. The molecule has 7 heteroatoms. The maximum Gasteiger partial charge on any atom is 0.251 e. The van der Waals surface area contributed by atoms with E-state index in [0.717, 1.165) is 48.6 Å². The number of carbonyl (C=O) groups is 1. The van der Waals surface area contributed by atoms with E-state index in [2.05, 4.69) is 21.4 Å². The first-order valence-electron chi connectivity index (χ1n) is 10.0. The van der Waals surface area contributed by atoms with Gasteiger partial charge in [0.05, 0.1) is 6.67 Å². The molecule has 1 aliphatic carbocycles. The van der Waals surface area contributed by atoms with Gasteiger partial charge in [-0.05, 0) is 50.0 Å². The second kappa shape index (κ2) is 8.41. The standard InChI is InChI=1S/C21H27N5OS/c1-2-12-25-19(16-8-9-16)23-26(21(25)28)15-24-13-10-18(11-14-24)22-20(27)17-6-4-3-5-7-17/h2-7,16,18H,1,8-15H2,(H,22,27). The normalized spacial score (nSPS) is 18.1. The Bertz CT molecular complexity index is 891. The number of nitrogens with zero attached hydrogens (tertiary/aromatic N) is 4. The predicted octanol–water partition coefficient (Wildman–Crippen LogP) is 3.33. The molecule has 0 unspecified atom stereocenters. The van der Waals surface area contributed by atoms with Gasteiger partial charge in [0.25, 0.3) is 5.91 Å². The van der Waals surface area contributed by atoms with Gasteiger partial charge in [-0.25, -0.2) is 4.68 Å². The minimum absolute atomic E-state index is 0.0125. The molecule has 0 bridgehead atoms. The number of piperidine rings is 1. The van der Waals surface area contributed by atoms with Crippen LogP contribution in [0.2, 0.25) is 0 Å². The van der Waals surface area contributed by atoms with Crippen molar-refractivity contribution in [3.8, 4) is 0 Å². The number of nitrogens with one attached hydrogen (secondary N) is 1. The van der Waals surface area contributed by atoms with Crippen LogP contribution in [0.5, 0.6) is 0 Å². The minimum Gasteiger partial charge on any atom is -0.349 e. The molecule has 0 spiro atoms. The molecule has 1 saturated carbocycles. The quantitative estimate of drug-likeness (QED) is 0.575. The molecule has 0 radical (unpaired) electrons. The minimum atomic E-state index is 0.0125. The first-order valence-corrected chi connectivity index (χ1v) is 10.4. The molecule has 1 aliphatic heterocycles. The summed E-state index contributed by atoms with van der Waals surface area (Å²) in [5.41, 5.74) is 0.719. The molecule has 2 heterocycles. The highest BCUT2D eigenvalue weighted by Crippen LogP contribution is 2.39. The van der Waals surface area contributed by atoms with E-state index in [4.69, 9.17) is 17.3 Å². The maximum absolute atomic E-state index is 12.3. The van der Waals surface area contributed by atoms with Crippen LogP contribution in [0.3, 0.4) is 0 Å². The van der Waals surface area contributed by atoms with Crippen LogP contribution in [0, 0.1) is 4.77 Å². The smallest absolute Gasteiger partial charge is 0.251 e. The third kappa shape index (κ3) is 4.25. The predicted molar refractivity (Wildman–Crippen MR) is 112 cm³/mol. The van der Waals surface area contributed by atoms with Gasteiger partial charge in [-0.2, -0.15) is 5.10 Å². The average molecular weight is 398 g/mol. The maximum atomic E-state index is 12.3. The summed E-state index contributed by atoms with van der Waals surface area (Å²) in [5, 5.41) is 7.97. The summed E-state index contributed by atoms with van der Waals surface area (Å²) >= 11 is 5.66. The van der Waals surface area contributed by atoms with Crippen molar-refractivity contribution in [2.24, 2.45) is 0 Å². The third-order valence-electron chi connectivity index (χ3n) is 5.50. The molecule has 2 aromatic rings. The van der Waals surface area contributed by atoms with Crippen LogP contribution in [0.25, 0.3) is 0 Å². The van der Waals surface area contributed by atoms with Gasteiger partial charge >= 0.3 is 0 Å². The Balaban J connectivity index is 1.33. The zero-order chi connectivity index (χ0) is 19.5. The molecular weight excluding hydrogens is 370 g/mol. The molecule has 2 aliphatic rings. The second-order valence-electron chi connectivity index (χ2n) is 7.69. The van der Waals surface area contributed by atoms with Crippen molar-refractivity contribution in [1.82, 2.24) is 24.6 Å². The number of hydrogen-bond acceptors (Lipinski definition) is 4. The van der Waals surface area contributed by atoms with Crippen LogP contribution in [-0.2, 0) is 13.2 Å². The summed E-state index contributed by atoms with van der Waals surface area (Å²) in [6.07, 6.45) is 6.17. The number of rotatable bonds is 7. The van der Waals surface area contributed by atoms with Gasteiger partial charge in [-0.15, -0.1) is 6.58 Å². The van der Waals surface area contributed by atoms with E-state index in [9.17, 15) is 4.79 Å². The first-order chi connectivity index (χ1) is 13.7. The van der Waals surface area contributed by atoms with Crippen LogP contribution in [0.15, 0.2) is 43.0 Å². The molecular formula is C21H27N5OS. The van der Waals surface area contributed by atoms with E-state index in [1.807, 2.05) is 41.1 Å². The number of carbonyl (C=O) groups excluding carboxylic acids is 1. The summed E-state index contributed by atoms with van der Waals surface area (Å²) < 4.78 is 4.85. The number of benzene rings is 1. The van der Waals surface area contributed by atoms with Gasteiger partial charge in [-0.3, -0.25) is 14.3 Å². The van der Waals surface area contributed by atoms with Crippen molar-refractivity contribution in [3.05, 3.63) is 59.1 Å². The summed E-state index contributed by atoms with van der Waals surface area (Å²) in [7, 11) is 0. The van der Waals surface area contributed by atoms with E-state index in [-0.39, 0.29) is 11.9 Å². The molecule has 1 saturated heterocycles. The van der Waals surface area contributed by atoms with Crippen molar-refractivity contribution in [1.29, 1.82) is 0 Å². The highest BCUT2D eigenvalue weighted by atomic mass is 32.1. The number of aromatic nitrogens is 3. The van der Waals surface area contributed by atoms with Crippen LogP contribution < -0.4 is 5.32 Å². The fourth-order valence-corrected chi connectivity index (χ4v) is 4.03. The topological polar surface area (TPSA) is 55.1 Å². The Labute approximate surface area is 170 Å². The van der Waals surface area contributed by atoms with Gasteiger partial charge in [0.1, 0.15) is 5.82 Å². The zero-order valence-corrected chi connectivity index (χ0v) is 16.9. The van der Waals surface area contributed by atoms with Crippen molar-refractivity contribution in [3.63, 3.8) is 0 Å². The monoisotopic (exact) mass is 397 g/mol. The van der Waals surface area contributed by atoms with Gasteiger partial charge in [-0.1, -0.05) is 24.3 Å². The first kappa shape index (κ1) is 19.1. The highest BCUT2D eigenvalue weighted by molar-refractivity contribution is 7.71.